The molecule has 128 valence electrons. The quantitative estimate of drug-likeness (QED) is 0.228. The smallest absolute Gasteiger partial charge is 0.271 e. The monoisotopic (exact) mass is 345 g/mol. The number of azo groups is 1. The van der Waals surface area contributed by atoms with E-state index in [0.717, 1.165) is 5.56 Å². The minimum Gasteiger partial charge on any atom is -0.276 e. The first-order chi connectivity index (χ1) is 12.7. The molecule has 0 spiro atoms. The average molecular weight is 345 g/mol. The van der Waals surface area contributed by atoms with E-state index in [9.17, 15) is 10.1 Å². The van der Waals surface area contributed by atoms with Gasteiger partial charge in [-0.15, -0.1) is 10.2 Å². The molecule has 0 atom stereocenters. The van der Waals surface area contributed by atoms with Gasteiger partial charge >= 0.3 is 0 Å². The van der Waals surface area contributed by atoms with E-state index in [2.05, 4.69) is 20.8 Å². The topological polar surface area (TPSA) is 92.2 Å². The number of hydrazone groups is 1. The number of amidine groups is 1. The van der Waals surface area contributed by atoms with Crippen molar-refractivity contribution in [1.82, 2.24) is 0 Å². The lowest BCUT2D eigenvalue weighted by Gasteiger charge is -2.03. The molecule has 0 aliphatic rings. The largest absolute Gasteiger partial charge is 0.276 e. The van der Waals surface area contributed by atoms with E-state index in [4.69, 9.17) is 0 Å². The lowest BCUT2D eigenvalue weighted by atomic mass is 10.2. The number of nitrogens with one attached hydrogen (secondary N) is 1. The number of nitro benzene ring substituents is 1. The maximum Gasteiger partial charge on any atom is 0.271 e. The van der Waals surface area contributed by atoms with E-state index in [1.807, 2.05) is 60.7 Å². The van der Waals surface area contributed by atoms with Gasteiger partial charge in [0.2, 0.25) is 5.84 Å². The van der Waals surface area contributed by atoms with Crippen molar-refractivity contribution in [2.45, 2.75) is 0 Å². The van der Waals surface area contributed by atoms with Crippen molar-refractivity contribution >= 4 is 22.9 Å². The molecule has 0 saturated heterocycles. The lowest BCUT2D eigenvalue weighted by Crippen LogP contribution is -2.01. The highest BCUT2D eigenvalue weighted by molar-refractivity contribution is 5.99. The molecule has 7 nitrogen and oxygen atoms in total. The highest BCUT2D eigenvalue weighted by Gasteiger charge is 2.06. The Balaban J connectivity index is 1.88. The number of hydrogen-bond donors (Lipinski definition) is 1. The Morgan fingerprint density at radius 2 is 1.58 bits per heavy atom. The summed E-state index contributed by atoms with van der Waals surface area (Å²) in [7, 11) is 0. The minimum absolute atomic E-state index is 0.0163. The summed E-state index contributed by atoms with van der Waals surface area (Å²) in [5, 5.41) is 23.5. The molecule has 0 amide bonds. The van der Waals surface area contributed by atoms with E-state index in [1.54, 1.807) is 12.1 Å². The number of nitro groups is 1. The van der Waals surface area contributed by atoms with Crippen molar-refractivity contribution in [2.75, 3.05) is 5.43 Å². The van der Waals surface area contributed by atoms with Gasteiger partial charge in [-0.3, -0.25) is 15.5 Å². The molecule has 0 radical (unpaired) electrons. The molecule has 3 aromatic rings. The van der Waals surface area contributed by atoms with Crippen molar-refractivity contribution < 1.29 is 4.92 Å². The number of benzene rings is 3. The van der Waals surface area contributed by atoms with Gasteiger partial charge in [-0.25, -0.2) is 0 Å². The normalized spacial score (nSPS) is 11.5. The fourth-order valence-electron chi connectivity index (χ4n) is 2.14. The summed E-state index contributed by atoms with van der Waals surface area (Å²) >= 11 is 0. The van der Waals surface area contributed by atoms with Crippen LogP contribution in [-0.4, -0.2) is 10.8 Å². The molecule has 1 N–H and O–H groups in total. The van der Waals surface area contributed by atoms with Crippen LogP contribution in [0.4, 0.5) is 17.1 Å². The lowest BCUT2D eigenvalue weighted by molar-refractivity contribution is -0.384. The number of nitrogens with zero attached hydrogens (tertiary/aromatic N) is 4. The Kier molecular flexibility index (Phi) is 5.41. The highest BCUT2D eigenvalue weighted by Crippen LogP contribution is 2.18. The second kappa shape index (κ2) is 8.29. The zero-order chi connectivity index (χ0) is 18.2. The molecule has 0 unspecified atom stereocenters. The van der Waals surface area contributed by atoms with Crippen molar-refractivity contribution in [2.24, 2.45) is 15.3 Å². The van der Waals surface area contributed by atoms with Crippen molar-refractivity contribution in [3.8, 4) is 0 Å². The van der Waals surface area contributed by atoms with Gasteiger partial charge in [0.1, 0.15) is 0 Å². The van der Waals surface area contributed by atoms with Gasteiger partial charge in [-0.1, -0.05) is 54.6 Å². The van der Waals surface area contributed by atoms with Crippen LogP contribution in [0.3, 0.4) is 0 Å². The van der Waals surface area contributed by atoms with Crippen molar-refractivity contribution in [1.29, 1.82) is 0 Å². The van der Waals surface area contributed by atoms with E-state index in [-0.39, 0.29) is 5.69 Å². The predicted molar refractivity (Wildman–Crippen MR) is 101 cm³/mol. The van der Waals surface area contributed by atoms with Crippen LogP contribution >= 0.6 is 0 Å². The molecular weight excluding hydrogens is 330 g/mol. The molecule has 0 saturated carbocycles. The van der Waals surface area contributed by atoms with Crippen LogP contribution in [0.1, 0.15) is 5.56 Å². The van der Waals surface area contributed by atoms with Gasteiger partial charge < -0.3 is 0 Å². The van der Waals surface area contributed by atoms with Crippen molar-refractivity contribution in [3.63, 3.8) is 0 Å². The highest BCUT2D eigenvalue weighted by atomic mass is 16.6. The van der Waals surface area contributed by atoms with E-state index >= 15 is 0 Å². The maximum absolute atomic E-state index is 10.9. The Labute approximate surface area is 149 Å². The van der Waals surface area contributed by atoms with Crippen LogP contribution in [0.2, 0.25) is 0 Å². The third kappa shape index (κ3) is 4.57. The summed E-state index contributed by atoms with van der Waals surface area (Å²) < 4.78 is 0. The third-order valence-electron chi connectivity index (χ3n) is 3.40. The summed E-state index contributed by atoms with van der Waals surface area (Å²) in [6, 6.07) is 24.8. The zero-order valence-corrected chi connectivity index (χ0v) is 13.7. The molecule has 7 heteroatoms. The Hall–Kier alpha value is -3.87. The molecule has 0 bridgehead atoms. The van der Waals surface area contributed by atoms with E-state index in [1.165, 1.54) is 12.1 Å². The van der Waals surface area contributed by atoms with Crippen LogP contribution in [-0.2, 0) is 0 Å². The SMILES string of the molecule is O=[N+]([O-])c1cccc(N/N=C(/N=Nc2ccccc2)c2ccccc2)c1. The van der Waals surface area contributed by atoms with Gasteiger partial charge in [0.25, 0.3) is 5.69 Å². The second-order valence-corrected chi connectivity index (χ2v) is 5.26. The first-order valence-electron chi connectivity index (χ1n) is 7.83. The molecular formula is C19H15N5O2. The van der Waals surface area contributed by atoms with Crippen LogP contribution < -0.4 is 5.43 Å². The average Bonchev–Trinajstić information content (AvgIpc) is 2.69. The van der Waals surface area contributed by atoms with Gasteiger partial charge in [0.15, 0.2) is 0 Å². The Bertz CT molecular complexity index is 940. The third-order valence-corrected chi connectivity index (χ3v) is 3.40. The molecule has 0 aromatic heterocycles. The molecule has 3 rings (SSSR count). The Morgan fingerprint density at radius 3 is 2.27 bits per heavy atom. The zero-order valence-electron chi connectivity index (χ0n) is 13.7. The van der Waals surface area contributed by atoms with Crippen LogP contribution in [0.25, 0.3) is 0 Å². The molecule has 0 aliphatic carbocycles. The summed E-state index contributed by atoms with van der Waals surface area (Å²) in [5.74, 6) is 0.362. The molecule has 0 aliphatic heterocycles. The van der Waals surface area contributed by atoms with Crippen molar-refractivity contribution in [3.05, 3.63) is 101 Å². The number of anilines is 1. The summed E-state index contributed by atoms with van der Waals surface area (Å²) in [4.78, 5) is 10.4. The number of rotatable bonds is 5. The van der Waals surface area contributed by atoms with E-state index < -0.39 is 4.92 Å². The van der Waals surface area contributed by atoms with Crippen LogP contribution in [0.15, 0.2) is 100 Å². The number of hydrogen-bond acceptors (Lipinski definition) is 5. The molecule has 3 aromatic carbocycles. The van der Waals surface area contributed by atoms with Crippen LogP contribution in [0.5, 0.6) is 0 Å². The van der Waals surface area contributed by atoms with Gasteiger partial charge in [-0.05, 0) is 18.2 Å². The van der Waals surface area contributed by atoms with Gasteiger partial charge in [0.05, 0.1) is 16.3 Å². The molecule has 0 fully saturated rings. The van der Waals surface area contributed by atoms with E-state index in [0.29, 0.717) is 17.2 Å². The van der Waals surface area contributed by atoms with Gasteiger partial charge in [-0.2, -0.15) is 5.10 Å². The fourth-order valence-corrected chi connectivity index (χ4v) is 2.14. The van der Waals surface area contributed by atoms with Crippen LogP contribution in [0, 0.1) is 10.1 Å². The molecule has 0 heterocycles. The fraction of sp³-hybridized carbons (Fsp3) is 0. The first kappa shape index (κ1) is 17.0. The number of non-ortho nitro benzene ring substituents is 1. The summed E-state index contributed by atoms with van der Waals surface area (Å²) in [6.07, 6.45) is 0. The molecule has 26 heavy (non-hydrogen) atoms. The van der Waals surface area contributed by atoms with Gasteiger partial charge in [0, 0.05) is 17.7 Å². The summed E-state index contributed by atoms with van der Waals surface area (Å²) in [5.41, 5.74) is 4.75. The second-order valence-electron chi connectivity index (χ2n) is 5.26. The standard InChI is InChI=1S/C19H15N5O2/c25-24(26)18-13-7-12-17(14-18)21-23-19(15-8-3-1-4-9-15)22-20-16-10-5-2-6-11-16/h1-14,21H/b22-20?,23-19+. The predicted octanol–water partition coefficient (Wildman–Crippen LogP) is 5.15. The minimum atomic E-state index is -0.456. The maximum atomic E-state index is 10.9. The first-order valence-corrected chi connectivity index (χ1v) is 7.83. The summed E-state index contributed by atoms with van der Waals surface area (Å²) in [6.45, 7) is 0. The Morgan fingerprint density at radius 1 is 0.885 bits per heavy atom.